The molecule has 1 aromatic heterocycles. The lowest BCUT2D eigenvalue weighted by atomic mass is 10.1. The highest BCUT2D eigenvalue weighted by atomic mass is 16.5. The monoisotopic (exact) mass is 287 g/mol. The molecule has 1 aromatic carbocycles. The predicted molar refractivity (Wildman–Crippen MR) is 79.2 cm³/mol. The molecule has 5 heteroatoms. The van der Waals surface area contributed by atoms with E-state index in [4.69, 9.17) is 9.26 Å². The second kappa shape index (κ2) is 6.72. The molecule has 112 valence electrons. The Hall–Kier alpha value is -1.88. The molecule has 2 aromatic rings. The van der Waals surface area contributed by atoms with Gasteiger partial charge in [0.15, 0.2) is 5.82 Å². The lowest BCUT2D eigenvalue weighted by molar-refractivity contribution is 0.353. The Balaban J connectivity index is 1.53. The number of nitrogens with one attached hydrogen (secondary N) is 1. The topological polar surface area (TPSA) is 60.2 Å². The molecule has 5 nitrogen and oxygen atoms in total. The molecule has 0 unspecified atom stereocenters. The Bertz CT molecular complexity index is 559. The Morgan fingerprint density at radius 3 is 2.71 bits per heavy atom. The van der Waals surface area contributed by atoms with Crippen molar-refractivity contribution in [3.8, 4) is 5.75 Å². The van der Waals surface area contributed by atoms with Crippen LogP contribution in [0.3, 0.4) is 0 Å². The van der Waals surface area contributed by atoms with Crippen LogP contribution in [0.25, 0.3) is 0 Å². The van der Waals surface area contributed by atoms with E-state index in [1.54, 1.807) is 7.11 Å². The molecular weight excluding hydrogens is 266 g/mol. The van der Waals surface area contributed by atoms with Crippen molar-refractivity contribution in [1.29, 1.82) is 0 Å². The summed E-state index contributed by atoms with van der Waals surface area (Å²) in [5.74, 6) is 2.25. The number of rotatable bonds is 6. The highest BCUT2D eigenvalue weighted by molar-refractivity contribution is 5.28. The van der Waals surface area contributed by atoms with Gasteiger partial charge in [0.05, 0.1) is 13.7 Å². The molecule has 0 spiro atoms. The van der Waals surface area contributed by atoms with Gasteiger partial charge in [-0.15, -0.1) is 0 Å². The average molecular weight is 287 g/mol. The minimum atomic E-state index is 0.613. The summed E-state index contributed by atoms with van der Waals surface area (Å²) in [6.07, 6.45) is 5.84. The lowest BCUT2D eigenvalue weighted by Crippen LogP contribution is -2.25. The van der Waals surface area contributed by atoms with Crippen molar-refractivity contribution in [2.24, 2.45) is 0 Å². The molecule has 1 N–H and O–H groups in total. The fourth-order valence-electron chi connectivity index (χ4n) is 2.72. The zero-order valence-corrected chi connectivity index (χ0v) is 12.3. The maximum absolute atomic E-state index is 5.29. The number of aromatic nitrogens is 2. The molecule has 1 heterocycles. The van der Waals surface area contributed by atoms with Gasteiger partial charge in [-0.05, 0) is 30.5 Å². The lowest BCUT2D eigenvalue weighted by Gasteiger charge is -2.08. The summed E-state index contributed by atoms with van der Waals surface area (Å²) in [6, 6.07) is 8.54. The zero-order valence-electron chi connectivity index (χ0n) is 12.3. The Labute approximate surface area is 124 Å². The number of benzene rings is 1. The van der Waals surface area contributed by atoms with Crippen LogP contribution in [-0.4, -0.2) is 23.3 Å². The predicted octanol–water partition coefficient (Wildman–Crippen LogP) is 2.70. The van der Waals surface area contributed by atoms with Crippen LogP contribution in [-0.2, 0) is 13.0 Å². The van der Waals surface area contributed by atoms with Gasteiger partial charge in [-0.25, -0.2) is 0 Å². The summed E-state index contributed by atoms with van der Waals surface area (Å²) in [6.45, 7) is 0.667. The Morgan fingerprint density at radius 2 is 2.00 bits per heavy atom. The SMILES string of the molecule is COc1ccc(Cc2noc(CNC3CCCC3)n2)cc1. The maximum atomic E-state index is 5.29. The summed E-state index contributed by atoms with van der Waals surface area (Å²) in [5, 5.41) is 7.52. The van der Waals surface area contributed by atoms with E-state index in [0.29, 0.717) is 24.9 Å². The van der Waals surface area contributed by atoms with Gasteiger partial charge in [-0.2, -0.15) is 4.98 Å². The van der Waals surface area contributed by atoms with Gasteiger partial charge in [0.1, 0.15) is 5.75 Å². The van der Waals surface area contributed by atoms with E-state index >= 15 is 0 Å². The number of nitrogens with zero attached hydrogens (tertiary/aromatic N) is 2. The van der Waals surface area contributed by atoms with Gasteiger partial charge >= 0.3 is 0 Å². The molecule has 0 radical (unpaired) electrons. The molecular formula is C16H21N3O2. The fraction of sp³-hybridized carbons (Fsp3) is 0.500. The third-order valence-corrected chi connectivity index (χ3v) is 3.93. The number of hydrogen-bond acceptors (Lipinski definition) is 5. The normalized spacial score (nSPS) is 15.5. The second-order valence-electron chi connectivity index (χ2n) is 5.49. The third-order valence-electron chi connectivity index (χ3n) is 3.93. The molecule has 1 aliphatic rings. The molecule has 21 heavy (non-hydrogen) atoms. The largest absolute Gasteiger partial charge is 0.497 e. The first-order valence-electron chi connectivity index (χ1n) is 7.51. The summed E-state index contributed by atoms with van der Waals surface area (Å²) in [4.78, 5) is 4.44. The van der Waals surface area contributed by atoms with Crippen LogP contribution in [0, 0.1) is 0 Å². The van der Waals surface area contributed by atoms with Gasteiger partial charge in [0.2, 0.25) is 5.89 Å². The van der Waals surface area contributed by atoms with E-state index in [0.717, 1.165) is 17.1 Å². The first-order valence-corrected chi connectivity index (χ1v) is 7.51. The summed E-state index contributed by atoms with van der Waals surface area (Å²) in [7, 11) is 1.66. The van der Waals surface area contributed by atoms with Crippen LogP contribution < -0.4 is 10.1 Å². The van der Waals surface area contributed by atoms with E-state index in [2.05, 4.69) is 15.5 Å². The average Bonchev–Trinajstić information content (AvgIpc) is 3.17. The number of ether oxygens (including phenoxy) is 1. The zero-order chi connectivity index (χ0) is 14.5. The molecule has 0 aliphatic heterocycles. The van der Waals surface area contributed by atoms with Crippen molar-refractivity contribution in [2.45, 2.75) is 44.7 Å². The van der Waals surface area contributed by atoms with Crippen molar-refractivity contribution in [2.75, 3.05) is 7.11 Å². The van der Waals surface area contributed by atoms with Crippen molar-refractivity contribution < 1.29 is 9.26 Å². The van der Waals surface area contributed by atoms with Gasteiger partial charge in [0, 0.05) is 12.5 Å². The Kier molecular flexibility index (Phi) is 4.50. The number of hydrogen-bond donors (Lipinski definition) is 1. The van der Waals surface area contributed by atoms with E-state index in [9.17, 15) is 0 Å². The van der Waals surface area contributed by atoms with Gasteiger partial charge in [-0.1, -0.05) is 30.1 Å². The van der Waals surface area contributed by atoms with Crippen molar-refractivity contribution in [3.05, 3.63) is 41.5 Å². The van der Waals surface area contributed by atoms with Crippen LogP contribution in [0.1, 0.15) is 43.0 Å². The van der Waals surface area contributed by atoms with Crippen molar-refractivity contribution in [1.82, 2.24) is 15.5 Å². The number of methoxy groups -OCH3 is 1. The van der Waals surface area contributed by atoms with Crippen molar-refractivity contribution in [3.63, 3.8) is 0 Å². The molecule has 3 rings (SSSR count). The molecule has 0 amide bonds. The molecule has 1 saturated carbocycles. The summed E-state index contributed by atoms with van der Waals surface area (Å²) in [5.41, 5.74) is 1.15. The molecule has 1 fully saturated rings. The van der Waals surface area contributed by atoms with Crippen molar-refractivity contribution >= 4 is 0 Å². The Morgan fingerprint density at radius 1 is 1.24 bits per heavy atom. The van der Waals surface area contributed by atoms with Gasteiger partial charge in [0.25, 0.3) is 0 Å². The molecule has 0 atom stereocenters. The van der Waals surface area contributed by atoms with Gasteiger partial charge < -0.3 is 14.6 Å². The summed E-state index contributed by atoms with van der Waals surface area (Å²) < 4.78 is 10.4. The molecule has 0 saturated heterocycles. The first kappa shape index (κ1) is 14.1. The first-order chi connectivity index (χ1) is 10.3. The third kappa shape index (κ3) is 3.82. The standard InChI is InChI=1S/C16H21N3O2/c1-20-14-8-6-12(7-9-14)10-15-18-16(21-19-15)11-17-13-4-2-3-5-13/h6-9,13,17H,2-5,10-11H2,1H3. The maximum Gasteiger partial charge on any atom is 0.240 e. The quantitative estimate of drug-likeness (QED) is 0.885. The fourth-order valence-corrected chi connectivity index (χ4v) is 2.72. The van der Waals surface area contributed by atoms with E-state index < -0.39 is 0 Å². The minimum absolute atomic E-state index is 0.613. The van der Waals surface area contributed by atoms with Crippen LogP contribution in [0.2, 0.25) is 0 Å². The van der Waals surface area contributed by atoms with Crippen LogP contribution in [0.15, 0.2) is 28.8 Å². The van der Waals surface area contributed by atoms with Gasteiger partial charge in [-0.3, -0.25) is 0 Å². The van der Waals surface area contributed by atoms with Crippen LogP contribution in [0.4, 0.5) is 0 Å². The molecule has 0 bridgehead atoms. The van der Waals surface area contributed by atoms with E-state index in [-0.39, 0.29) is 0 Å². The smallest absolute Gasteiger partial charge is 0.240 e. The van der Waals surface area contributed by atoms with E-state index in [1.807, 2.05) is 24.3 Å². The molecule has 1 aliphatic carbocycles. The second-order valence-corrected chi connectivity index (χ2v) is 5.49. The highest BCUT2D eigenvalue weighted by Crippen LogP contribution is 2.18. The summed E-state index contributed by atoms with van der Waals surface area (Å²) >= 11 is 0. The highest BCUT2D eigenvalue weighted by Gasteiger charge is 2.15. The minimum Gasteiger partial charge on any atom is -0.497 e. The van der Waals surface area contributed by atoms with Crippen LogP contribution in [0.5, 0.6) is 5.75 Å². The van der Waals surface area contributed by atoms with E-state index in [1.165, 1.54) is 25.7 Å². The van der Waals surface area contributed by atoms with Crippen LogP contribution >= 0.6 is 0 Å².